The van der Waals surface area contributed by atoms with E-state index >= 15 is 0 Å². The zero-order chi connectivity index (χ0) is 12.3. The van der Waals surface area contributed by atoms with E-state index in [1.54, 1.807) is 13.0 Å². The van der Waals surface area contributed by atoms with Crippen LogP contribution < -0.4 is 0 Å². The Hall–Kier alpha value is -1.91. The topological polar surface area (TPSA) is 75.7 Å². The summed E-state index contributed by atoms with van der Waals surface area (Å²) in [6, 6.07) is 1.77. The maximum Gasteiger partial charge on any atom is 0.276 e. The lowest BCUT2D eigenvalue weighted by molar-refractivity contribution is -0.386. The highest BCUT2D eigenvalue weighted by Crippen LogP contribution is 2.28. The number of hydrogen-bond donors (Lipinski definition) is 1. The van der Waals surface area contributed by atoms with Gasteiger partial charge >= 0.3 is 0 Å². The van der Waals surface area contributed by atoms with Gasteiger partial charge in [-0.15, -0.1) is 5.16 Å². The van der Waals surface area contributed by atoms with Gasteiger partial charge in [0.2, 0.25) is 0 Å². The molecule has 5 heteroatoms. The van der Waals surface area contributed by atoms with E-state index in [-0.39, 0.29) is 17.0 Å². The molecule has 0 atom stereocenters. The molecule has 0 bridgehead atoms. The fourth-order valence-corrected chi connectivity index (χ4v) is 1.70. The number of nitro benzene ring substituents is 1. The zero-order valence-corrected chi connectivity index (χ0v) is 9.52. The second-order valence-corrected chi connectivity index (χ2v) is 3.71. The molecule has 1 aromatic rings. The number of nitro groups is 1. The first kappa shape index (κ1) is 12.2. The van der Waals surface area contributed by atoms with Gasteiger partial charge in [-0.05, 0) is 38.0 Å². The van der Waals surface area contributed by atoms with Crippen LogP contribution in [0, 0.1) is 30.9 Å². The molecule has 0 unspecified atom stereocenters. The maximum absolute atomic E-state index is 11.0. The van der Waals surface area contributed by atoms with E-state index in [1.807, 2.05) is 13.8 Å². The van der Waals surface area contributed by atoms with Crippen molar-refractivity contribution in [2.45, 2.75) is 27.2 Å². The Balaban J connectivity index is 3.40. The van der Waals surface area contributed by atoms with Gasteiger partial charge in [0, 0.05) is 23.8 Å². The van der Waals surface area contributed by atoms with Gasteiger partial charge in [-0.25, -0.2) is 0 Å². The van der Waals surface area contributed by atoms with Gasteiger partial charge in [0.25, 0.3) is 5.69 Å². The van der Waals surface area contributed by atoms with E-state index in [1.165, 1.54) is 6.21 Å². The standard InChI is InChI=1S/C11H14N2O3/c1-7-6-10(4-5-12-14)11(13(15)16)9(3)8(7)2/h5-6,14H,4H2,1-3H3. The van der Waals surface area contributed by atoms with Crippen molar-refractivity contribution in [2.24, 2.45) is 5.16 Å². The lowest BCUT2D eigenvalue weighted by atomic mass is 9.96. The van der Waals surface area contributed by atoms with Crippen LogP contribution in [0.3, 0.4) is 0 Å². The predicted molar refractivity (Wildman–Crippen MR) is 61.3 cm³/mol. The minimum atomic E-state index is -0.387. The average Bonchev–Trinajstić information content (AvgIpc) is 2.22. The molecule has 0 radical (unpaired) electrons. The summed E-state index contributed by atoms with van der Waals surface area (Å²) >= 11 is 0. The lowest BCUT2D eigenvalue weighted by Crippen LogP contribution is -2.02. The Labute approximate surface area is 93.6 Å². The van der Waals surface area contributed by atoms with Gasteiger partial charge in [0.15, 0.2) is 0 Å². The maximum atomic E-state index is 11.0. The molecule has 0 amide bonds. The number of oxime groups is 1. The van der Waals surface area contributed by atoms with Crippen molar-refractivity contribution >= 4 is 11.9 Å². The summed E-state index contributed by atoms with van der Waals surface area (Å²) in [5, 5.41) is 22.2. The lowest BCUT2D eigenvalue weighted by Gasteiger charge is -2.09. The monoisotopic (exact) mass is 222 g/mol. The summed E-state index contributed by atoms with van der Waals surface area (Å²) in [5.74, 6) is 0. The summed E-state index contributed by atoms with van der Waals surface area (Å²) in [5.41, 5.74) is 3.29. The quantitative estimate of drug-likeness (QED) is 0.369. The number of aryl methyl sites for hydroxylation is 1. The van der Waals surface area contributed by atoms with Crippen LogP contribution in [0.1, 0.15) is 22.3 Å². The third-order valence-electron chi connectivity index (χ3n) is 2.78. The van der Waals surface area contributed by atoms with E-state index in [9.17, 15) is 10.1 Å². The van der Waals surface area contributed by atoms with E-state index in [4.69, 9.17) is 5.21 Å². The molecule has 0 fully saturated rings. The fraction of sp³-hybridized carbons (Fsp3) is 0.364. The minimum Gasteiger partial charge on any atom is -0.411 e. The number of hydrogen-bond acceptors (Lipinski definition) is 4. The zero-order valence-electron chi connectivity index (χ0n) is 9.52. The van der Waals surface area contributed by atoms with Crippen LogP contribution in [0.4, 0.5) is 5.69 Å². The third kappa shape index (κ3) is 2.18. The summed E-state index contributed by atoms with van der Waals surface area (Å²) in [4.78, 5) is 10.6. The molecular weight excluding hydrogens is 208 g/mol. The second-order valence-electron chi connectivity index (χ2n) is 3.71. The largest absolute Gasteiger partial charge is 0.411 e. The third-order valence-corrected chi connectivity index (χ3v) is 2.78. The summed E-state index contributed by atoms with van der Waals surface area (Å²) in [6.07, 6.45) is 1.51. The average molecular weight is 222 g/mol. The van der Waals surface area contributed by atoms with Crippen LogP contribution in [-0.2, 0) is 6.42 Å². The van der Waals surface area contributed by atoms with Gasteiger partial charge in [0.1, 0.15) is 0 Å². The van der Waals surface area contributed by atoms with E-state index in [0.717, 1.165) is 11.1 Å². The van der Waals surface area contributed by atoms with Crippen LogP contribution >= 0.6 is 0 Å². The molecule has 0 spiro atoms. The van der Waals surface area contributed by atoms with Crippen molar-refractivity contribution in [1.29, 1.82) is 0 Å². The van der Waals surface area contributed by atoms with Gasteiger partial charge in [-0.1, -0.05) is 0 Å². The molecule has 0 aliphatic carbocycles. The molecule has 1 N–H and O–H groups in total. The van der Waals surface area contributed by atoms with Gasteiger partial charge in [-0.2, -0.15) is 0 Å². The molecule has 1 rings (SSSR count). The first-order valence-electron chi connectivity index (χ1n) is 4.89. The fourth-order valence-electron chi connectivity index (χ4n) is 1.70. The van der Waals surface area contributed by atoms with E-state index < -0.39 is 0 Å². The molecule has 0 aromatic heterocycles. The SMILES string of the molecule is Cc1cc(CC=NO)c([N+](=O)[O-])c(C)c1C. The normalized spacial score (nSPS) is 10.9. The Morgan fingerprint density at radius 2 is 2.06 bits per heavy atom. The highest BCUT2D eigenvalue weighted by molar-refractivity contribution is 5.66. The molecule has 0 saturated carbocycles. The van der Waals surface area contributed by atoms with Crippen molar-refractivity contribution < 1.29 is 10.1 Å². The van der Waals surface area contributed by atoms with Gasteiger partial charge in [0.05, 0.1) is 4.92 Å². The van der Waals surface area contributed by atoms with E-state index in [2.05, 4.69) is 5.16 Å². The molecule has 0 aliphatic heterocycles. The van der Waals surface area contributed by atoms with Crippen LogP contribution in [-0.4, -0.2) is 16.3 Å². The highest BCUT2D eigenvalue weighted by atomic mass is 16.6. The second kappa shape index (κ2) is 4.74. The van der Waals surface area contributed by atoms with Crippen LogP contribution in [0.25, 0.3) is 0 Å². The van der Waals surface area contributed by atoms with Crippen molar-refractivity contribution in [2.75, 3.05) is 0 Å². The van der Waals surface area contributed by atoms with Crippen molar-refractivity contribution in [3.8, 4) is 0 Å². The number of nitrogens with zero attached hydrogens (tertiary/aromatic N) is 2. The Morgan fingerprint density at radius 1 is 1.44 bits per heavy atom. The number of rotatable bonds is 3. The molecular formula is C11H14N2O3. The Kier molecular flexibility index (Phi) is 3.60. The smallest absolute Gasteiger partial charge is 0.276 e. The summed E-state index contributed by atoms with van der Waals surface area (Å²) < 4.78 is 0. The molecule has 0 heterocycles. The van der Waals surface area contributed by atoms with Crippen LogP contribution in [0.15, 0.2) is 11.2 Å². The highest BCUT2D eigenvalue weighted by Gasteiger charge is 2.19. The Bertz CT molecular complexity index is 453. The number of benzene rings is 1. The van der Waals surface area contributed by atoms with Crippen molar-refractivity contribution in [1.82, 2.24) is 0 Å². The van der Waals surface area contributed by atoms with Gasteiger partial charge in [-0.3, -0.25) is 10.1 Å². The van der Waals surface area contributed by atoms with Crippen molar-refractivity contribution in [3.63, 3.8) is 0 Å². The molecule has 16 heavy (non-hydrogen) atoms. The molecule has 0 saturated heterocycles. The molecule has 1 aromatic carbocycles. The minimum absolute atomic E-state index is 0.114. The first-order valence-corrected chi connectivity index (χ1v) is 4.89. The molecule has 5 nitrogen and oxygen atoms in total. The van der Waals surface area contributed by atoms with Crippen molar-refractivity contribution in [3.05, 3.63) is 38.4 Å². The Morgan fingerprint density at radius 3 is 2.56 bits per heavy atom. The first-order chi connectivity index (χ1) is 7.49. The van der Waals surface area contributed by atoms with E-state index in [0.29, 0.717) is 11.1 Å². The molecule has 0 aliphatic rings. The summed E-state index contributed by atoms with van der Waals surface area (Å²) in [6.45, 7) is 5.51. The van der Waals surface area contributed by atoms with Crippen LogP contribution in [0.2, 0.25) is 0 Å². The predicted octanol–water partition coefficient (Wildman–Crippen LogP) is 2.52. The van der Waals surface area contributed by atoms with Crippen LogP contribution in [0.5, 0.6) is 0 Å². The molecule has 86 valence electrons. The van der Waals surface area contributed by atoms with Gasteiger partial charge < -0.3 is 5.21 Å². The summed E-state index contributed by atoms with van der Waals surface area (Å²) in [7, 11) is 0.